The lowest BCUT2D eigenvalue weighted by atomic mass is 9.57. The predicted octanol–water partition coefficient (Wildman–Crippen LogP) is 3.71. The minimum atomic E-state index is -0.213. The Hall–Kier alpha value is -1.25. The van der Waals surface area contributed by atoms with Crippen molar-refractivity contribution in [1.82, 2.24) is 0 Å². The van der Waals surface area contributed by atoms with Gasteiger partial charge >= 0.3 is 5.97 Å². The first kappa shape index (κ1) is 15.1. The second-order valence-electron chi connectivity index (χ2n) is 6.63. The molecule has 1 aliphatic carbocycles. The normalized spacial score (nSPS) is 36.0. The Labute approximate surface area is 122 Å². The summed E-state index contributed by atoms with van der Waals surface area (Å²) < 4.78 is 11.5. The van der Waals surface area contributed by atoms with Crippen molar-refractivity contribution in [2.75, 3.05) is 13.2 Å². The molecule has 112 valence electrons. The van der Waals surface area contributed by atoms with E-state index in [2.05, 4.69) is 40.7 Å². The van der Waals surface area contributed by atoms with Crippen LogP contribution in [0.2, 0.25) is 0 Å². The summed E-state index contributed by atoms with van der Waals surface area (Å²) in [6.07, 6.45) is 2.33. The molecule has 0 unspecified atom stereocenters. The quantitative estimate of drug-likeness (QED) is 0.570. The van der Waals surface area contributed by atoms with E-state index >= 15 is 0 Å². The minimum absolute atomic E-state index is 0.102. The van der Waals surface area contributed by atoms with Crippen LogP contribution in [0.25, 0.3) is 0 Å². The molecule has 0 N–H and O–H groups in total. The molecule has 0 amide bonds. The van der Waals surface area contributed by atoms with E-state index in [1.165, 1.54) is 18.1 Å². The molecule has 1 fully saturated rings. The van der Waals surface area contributed by atoms with Crippen molar-refractivity contribution in [2.24, 2.45) is 23.2 Å². The number of fused-ring (bicyclic) bond motifs is 2. The maximum absolute atomic E-state index is 11.2. The second-order valence-corrected chi connectivity index (χ2v) is 6.63. The first-order valence-corrected chi connectivity index (χ1v) is 7.41. The van der Waals surface area contributed by atoms with Crippen LogP contribution < -0.4 is 0 Å². The van der Waals surface area contributed by atoms with Crippen molar-refractivity contribution in [3.8, 4) is 0 Å². The summed E-state index contributed by atoms with van der Waals surface area (Å²) in [6, 6.07) is 0. The van der Waals surface area contributed by atoms with Crippen molar-refractivity contribution in [2.45, 2.75) is 41.5 Å². The molecule has 1 saturated heterocycles. The highest BCUT2D eigenvalue weighted by Crippen LogP contribution is 2.54. The smallest absolute Gasteiger partial charge is 0.302 e. The van der Waals surface area contributed by atoms with Gasteiger partial charge in [-0.1, -0.05) is 25.5 Å². The number of ether oxygens (including phenoxy) is 2. The molecule has 2 bridgehead atoms. The van der Waals surface area contributed by atoms with E-state index in [9.17, 15) is 4.79 Å². The standard InChI is InChI=1S/C17H26O3/c1-10(2)16-15-11(3)7-12(4)17(9-20-16,13(15)5)8-19-14(6)18/h7,12-13,15H,8-9H2,1-6H3/t12-,13+,15-,17-/m1/s1. The van der Waals surface area contributed by atoms with Crippen LogP contribution in [-0.2, 0) is 14.3 Å². The molecule has 3 nitrogen and oxygen atoms in total. The van der Waals surface area contributed by atoms with Crippen molar-refractivity contribution in [3.05, 3.63) is 23.0 Å². The van der Waals surface area contributed by atoms with Gasteiger partial charge in [0.15, 0.2) is 0 Å². The first-order chi connectivity index (χ1) is 9.29. The molecule has 20 heavy (non-hydrogen) atoms. The van der Waals surface area contributed by atoms with Gasteiger partial charge in [0.05, 0.1) is 6.61 Å². The molecule has 0 saturated carbocycles. The van der Waals surface area contributed by atoms with E-state index in [4.69, 9.17) is 9.47 Å². The lowest BCUT2D eigenvalue weighted by molar-refractivity contribution is -0.155. The molecule has 0 aromatic heterocycles. The van der Waals surface area contributed by atoms with Crippen molar-refractivity contribution < 1.29 is 14.3 Å². The zero-order valence-electron chi connectivity index (χ0n) is 13.4. The molecule has 2 rings (SSSR count). The molecular formula is C17H26O3. The molecule has 3 heteroatoms. The van der Waals surface area contributed by atoms with Crippen LogP contribution in [0, 0.1) is 23.2 Å². The van der Waals surface area contributed by atoms with Gasteiger partial charge in [0.25, 0.3) is 0 Å². The molecule has 4 atom stereocenters. The Morgan fingerprint density at radius 1 is 1.40 bits per heavy atom. The van der Waals surface area contributed by atoms with Crippen molar-refractivity contribution in [1.29, 1.82) is 0 Å². The molecular weight excluding hydrogens is 252 g/mol. The van der Waals surface area contributed by atoms with Crippen LogP contribution in [0.5, 0.6) is 0 Å². The third-order valence-corrected chi connectivity index (χ3v) is 5.13. The van der Waals surface area contributed by atoms with Gasteiger partial charge in [-0.05, 0) is 38.2 Å². The Balaban J connectivity index is 2.41. The Morgan fingerprint density at radius 3 is 2.60 bits per heavy atom. The number of esters is 1. The van der Waals surface area contributed by atoms with E-state index in [1.807, 2.05) is 0 Å². The number of allylic oxidation sites excluding steroid dienone is 3. The van der Waals surface area contributed by atoms with Crippen molar-refractivity contribution >= 4 is 5.97 Å². The van der Waals surface area contributed by atoms with E-state index in [0.717, 1.165) is 5.76 Å². The first-order valence-electron chi connectivity index (χ1n) is 7.41. The van der Waals surface area contributed by atoms with Crippen LogP contribution in [0.4, 0.5) is 0 Å². The summed E-state index contributed by atoms with van der Waals surface area (Å²) in [5, 5.41) is 0. The van der Waals surface area contributed by atoms with E-state index in [0.29, 0.717) is 31.0 Å². The topological polar surface area (TPSA) is 35.5 Å². The van der Waals surface area contributed by atoms with Crippen LogP contribution >= 0.6 is 0 Å². The van der Waals surface area contributed by atoms with Gasteiger partial charge < -0.3 is 9.47 Å². The van der Waals surface area contributed by atoms with Crippen LogP contribution in [0.15, 0.2) is 23.0 Å². The summed E-state index contributed by atoms with van der Waals surface area (Å²) >= 11 is 0. The van der Waals surface area contributed by atoms with Crippen LogP contribution in [0.3, 0.4) is 0 Å². The summed E-state index contributed by atoms with van der Waals surface area (Å²) in [5.74, 6) is 1.99. The third kappa shape index (κ3) is 2.27. The average Bonchev–Trinajstić information content (AvgIpc) is 2.34. The molecule has 1 aliphatic heterocycles. The summed E-state index contributed by atoms with van der Waals surface area (Å²) in [4.78, 5) is 11.2. The van der Waals surface area contributed by atoms with Gasteiger partial charge in [0, 0.05) is 18.3 Å². The van der Waals surface area contributed by atoms with Gasteiger partial charge in [0.1, 0.15) is 12.4 Å². The number of carbonyl (C=O) groups excluding carboxylic acids is 1. The molecule has 1 heterocycles. The number of carbonyl (C=O) groups is 1. The summed E-state index contributed by atoms with van der Waals surface area (Å²) in [7, 11) is 0. The molecule has 0 radical (unpaired) electrons. The monoisotopic (exact) mass is 278 g/mol. The number of rotatable bonds is 2. The minimum Gasteiger partial charge on any atom is -0.497 e. The highest BCUT2D eigenvalue weighted by molar-refractivity contribution is 5.66. The molecule has 2 aliphatic rings. The molecule has 0 aromatic rings. The average molecular weight is 278 g/mol. The SMILES string of the molecule is CC(=O)OC[C@@]12COC(=C(C)C)[C@H](C(C)=C[C@H]1C)[C@@H]2C. The largest absolute Gasteiger partial charge is 0.497 e. The van der Waals surface area contributed by atoms with Gasteiger partial charge in [-0.2, -0.15) is 0 Å². The summed E-state index contributed by atoms with van der Waals surface area (Å²) in [5.41, 5.74) is 2.51. The highest BCUT2D eigenvalue weighted by atomic mass is 16.5. The fourth-order valence-electron chi connectivity index (χ4n) is 3.80. The Bertz CT molecular complexity index is 471. The molecule has 0 spiro atoms. The number of hydrogen-bond donors (Lipinski definition) is 0. The zero-order chi connectivity index (χ0) is 15.1. The lowest BCUT2D eigenvalue weighted by Crippen LogP contribution is -2.53. The fourth-order valence-corrected chi connectivity index (χ4v) is 3.80. The Morgan fingerprint density at radius 2 is 2.05 bits per heavy atom. The van der Waals surface area contributed by atoms with Crippen LogP contribution in [0.1, 0.15) is 41.5 Å². The maximum atomic E-state index is 11.2. The Kier molecular flexibility index (Phi) is 3.99. The second kappa shape index (κ2) is 5.27. The fraction of sp³-hybridized carbons (Fsp3) is 0.706. The molecule has 0 aromatic carbocycles. The van der Waals surface area contributed by atoms with Gasteiger partial charge in [-0.3, -0.25) is 4.79 Å². The number of hydrogen-bond acceptors (Lipinski definition) is 3. The van der Waals surface area contributed by atoms with Crippen molar-refractivity contribution in [3.63, 3.8) is 0 Å². The highest BCUT2D eigenvalue weighted by Gasteiger charge is 2.53. The van der Waals surface area contributed by atoms with E-state index < -0.39 is 0 Å². The zero-order valence-corrected chi connectivity index (χ0v) is 13.4. The summed E-state index contributed by atoms with van der Waals surface area (Å²) in [6.45, 7) is 13.4. The maximum Gasteiger partial charge on any atom is 0.302 e. The predicted molar refractivity (Wildman–Crippen MR) is 79.0 cm³/mol. The van der Waals surface area contributed by atoms with E-state index in [1.54, 1.807) is 0 Å². The van der Waals surface area contributed by atoms with Crippen LogP contribution in [-0.4, -0.2) is 19.2 Å². The van der Waals surface area contributed by atoms with Gasteiger partial charge in [-0.15, -0.1) is 0 Å². The van der Waals surface area contributed by atoms with Gasteiger partial charge in [-0.25, -0.2) is 0 Å². The third-order valence-electron chi connectivity index (χ3n) is 5.13. The van der Waals surface area contributed by atoms with E-state index in [-0.39, 0.29) is 11.4 Å². The van der Waals surface area contributed by atoms with Gasteiger partial charge in [0.2, 0.25) is 0 Å². The lowest BCUT2D eigenvalue weighted by Gasteiger charge is -2.53.